The van der Waals surface area contributed by atoms with Crippen molar-refractivity contribution in [3.63, 3.8) is 0 Å². The summed E-state index contributed by atoms with van der Waals surface area (Å²) >= 11 is 0. The molecule has 1 rings (SSSR count). The Balaban J connectivity index is 2.11. The minimum atomic E-state index is 0.595. The zero-order chi connectivity index (χ0) is 18.9. The van der Waals surface area contributed by atoms with E-state index >= 15 is 0 Å². The van der Waals surface area contributed by atoms with E-state index in [0.29, 0.717) is 5.92 Å². The van der Waals surface area contributed by atoms with E-state index in [1.54, 1.807) is 0 Å². The molecule has 6 nitrogen and oxygen atoms in total. The second-order valence-corrected chi connectivity index (χ2v) is 7.04. The maximum atomic E-state index is 5.73. The van der Waals surface area contributed by atoms with Gasteiger partial charge in [0.15, 0.2) is 5.96 Å². The highest BCUT2D eigenvalue weighted by Crippen LogP contribution is 2.12. The molecule has 1 atom stereocenters. The highest BCUT2D eigenvalue weighted by molar-refractivity contribution is 5.79. The smallest absolute Gasteiger partial charge is 0.191 e. The number of guanidine groups is 1. The van der Waals surface area contributed by atoms with Crippen LogP contribution < -0.4 is 10.6 Å². The summed E-state index contributed by atoms with van der Waals surface area (Å²) in [6, 6.07) is 0. The topological polar surface area (TPSA) is 58.1 Å². The van der Waals surface area contributed by atoms with E-state index < -0.39 is 0 Å². The van der Waals surface area contributed by atoms with Crippen LogP contribution in [0, 0.1) is 5.92 Å². The van der Waals surface area contributed by atoms with Crippen molar-refractivity contribution in [1.29, 1.82) is 0 Å². The zero-order valence-corrected chi connectivity index (χ0v) is 17.4. The van der Waals surface area contributed by atoms with Gasteiger partial charge in [-0.2, -0.15) is 0 Å². The van der Waals surface area contributed by atoms with E-state index in [-0.39, 0.29) is 0 Å². The molecule has 0 saturated carbocycles. The highest BCUT2D eigenvalue weighted by atomic mass is 16.5. The second kappa shape index (κ2) is 16.3. The molecular weight excluding hydrogens is 328 g/mol. The van der Waals surface area contributed by atoms with Gasteiger partial charge in [0, 0.05) is 38.8 Å². The Kier molecular flexibility index (Phi) is 14.6. The number of nitrogens with one attached hydrogen (secondary N) is 2. The number of rotatable bonds is 15. The first-order valence-electron chi connectivity index (χ1n) is 10.7. The molecule has 0 radical (unpaired) electrons. The zero-order valence-electron chi connectivity index (χ0n) is 17.4. The number of nitrogens with zero attached hydrogens (tertiary/aromatic N) is 2. The first-order valence-corrected chi connectivity index (χ1v) is 10.7. The Morgan fingerprint density at radius 1 is 1.12 bits per heavy atom. The monoisotopic (exact) mass is 370 g/mol. The molecule has 0 amide bonds. The summed E-state index contributed by atoms with van der Waals surface area (Å²) in [5.74, 6) is 1.52. The number of hydrogen-bond acceptors (Lipinski definition) is 4. The van der Waals surface area contributed by atoms with Gasteiger partial charge >= 0.3 is 0 Å². The van der Waals surface area contributed by atoms with Gasteiger partial charge in [-0.05, 0) is 58.7 Å². The van der Waals surface area contributed by atoms with Crippen molar-refractivity contribution in [2.24, 2.45) is 10.9 Å². The van der Waals surface area contributed by atoms with E-state index in [4.69, 9.17) is 9.47 Å². The van der Waals surface area contributed by atoms with E-state index in [1.165, 1.54) is 25.9 Å². The molecule has 1 saturated heterocycles. The molecule has 1 unspecified atom stereocenters. The van der Waals surface area contributed by atoms with Crippen molar-refractivity contribution < 1.29 is 9.47 Å². The average molecular weight is 371 g/mol. The standard InChI is InChI=1S/C20H42N4O2/c1-4-12-24(13-5-2)14-7-10-22-20(21-6-3)23-11-8-15-25-17-19-9-16-26-18-19/h19H,4-18H2,1-3H3,(H2,21,22,23). The molecule has 0 aromatic rings. The van der Waals surface area contributed by atoms with Gasteiger partial charge < -0.3 is 25.0 Å². The fourth-order valence-corrected chi connectivity index (χ4v) is 3.14. The number of hydrogen-bond donors (Lipinski definition) is 2. The predicted molar refractivity (Wildman–Crippen MR) is 110 cm³/mol. The lowest BCUT2D eigenvalue weighted by Gasteiger charge is -2.21. The molecule has 0 aliphatic carbocycles. The van der Waals surface area contributed by atoms with Crippen LogP contribution in [0.5, 0.6) is 0 Å². The first-order chi connectivity index (χ1) is 12.8. The third-order valence-corrected chi connectivity index (χ3v) is 4.46. The van der Waals surface area contributed by atoms with Gasteiger partial charge in [0.05, 0.1) is 13.2 Å². The largest absolute Gasteiger partial charge is 0.381 e. The summed E-state index contributed by atoms with van der Waals surface area (Å²) in [6.45, 7) is 16.2. The summed E-state index contributed by atoms with van der Waals surface area (Å²) in [5.41, 5.74) is 0. The molecular formula is C20H42N4O2. The van der Waals surface area contributed by atoms with Gasteiger partial charge in [-0.1, -0.05) is 13.8 Å². The van der Waals surface area contributed by atoms with Crippen LogP contribution in [0.15, 0.2) is 4.99 Å². The SMILES string of the molecule is CCCN(CCC)CCCNC(=NCCCOCC1CCOC1)NCC. The molecule has 26 heavy (non-hydrogen) atoms. The normalized spacial score (nSPS) is 17.8. The third kappa shape index (κ3) is 11.7. The molecule has 2 N–H and O–H groups in total. The Hall–Kier alpha value is -0.850. The van der Waals surface area contributed by atoms with Gasteiger partial charge in [-0.25, -0.2) is 0 Å². The summed E-state index contributed by atoms with van der Waals surface area (Å²) in [5, 5.41) is 6.78. The highest BCUT2D eigenvalue weighted by Gasteiger charge is 2.15. The van der Waals surface area contributed by atoms with Crippen LogP contribution in [-0.2, 0) is 9.47 Å². The maximum absolute atomic E-state index is 5.73. The van der Waals surface area contributed by atoms with Gasteiger partial charge in [-0.3, -0.25) is 4.99 Å². The molecule has 1 aliphatic heterocycles. The van der Waals surface area contributed by atoms with Gasteiger partial charge in [0.2, 0.25) is 0 Å². The Morgan fingerprint density at radius 2 is 1.92 bits per heavy atom. The van der Waals surface area contributed by atoms with Crippen LogP contribution >= 0.6 is 0 Å². The molecule has 0 spiro atoms. The van der Waals surface area contributed by atoms with Crippen molar-refractivity contribution in [3.8, 4) is 0 Å². The van der Waals surface area contributed by atoms with Gasteiger partial charge in [-0.15, -0.1) is 0 Å². The predicted octanol–water partition coefficient (Wildman–Crippen LogP) is 2.50. The average Bonchev–Trinajstić information content (AvgIpc) is 3.15. The summed E-state index contributed by atoms with van der Waals surface area (Å²) in [7, 11) is 0. The van der Waals surface area contributed by atoms with Crippen LogP contribution in [0.3, 0.4) is 0 Å². The quantitative estimate of drug-likeness (QED) is 0.263. The molecule has 1 fully saturated rings. The van der Waals surface area contributed by atoms with E-state index in [9.17, 15) is 0 Å². The van der Waals surface area contributed by atoms with E-state index in [1.807, 2.05) is 0 Å². The first kappa shape index (κ1) is 23.2. The molecule has 1 heterocycles. The van der Waals surface area contributed by atoms with Crippen molar-refractivity contribution in [3.05, 3.63) is 0 Å². The lowest BCUT2D eigenvalue weighted by molar-refractivity contribution is 0.0893. The third-order valence-electron chi connectivity index (χ3n) is 4.46. The number of ether oxygens (including phenoxy) is 2. The van der Waals surface area contributed by atoms with Crippen LogP contribution in [0.2, 0.25) is 0 Å². The Morgan fingerprint density at radius 3 is 2.58 bits per heavy atom. The molecule has 0 aromatic carbocycles. The molecule has 0 aromatic heterocycles. The van der Waals surface area contributed by atoms with Gasteiger partial charge in [0.1, 0.15) is 0 Å². The van der Waals surface area contributed by atoms with Crippen molar-refractivity contribution in [1.82, 2.24) is 15.5 Å². The maximum Gasteiger partial charge on any atom is 0.191 e. The number of aliphatic imine (C=N–C) groups is 1. The fourth-order valence-electron chi connectivity index (χ4n) is 3.14. The summed E-state index contributed by atoms with van der Waals surface area (Å²) in [4.78, 5) is 7.20. The molecule has 6 heteroatoms. The van der Waals surface area contributed by atoms with E-state index in [2.05, 4.69) is 41.3 Å². The lowest BCUT2D eigenvalue weighted by atomic mass is 10.1. The van der Waals surface area contributed by atoms with E-state index in [0.717, 1.165) is 77.8 Å². The van der Waals surface area contributed by atoms with Crippen LogP contribution in [0.25, 0.3) is 0 Å². The second-order valence-electron chi connectivity index (χ2n) is 7.04. The van der Waals surface area contributed by atoms with Crippen molar-refractivity contribution >= 4 is 5.96 Å². The summed E-state index contributed by atoms with van der Waals surface area (Å²) in [6.07, 6.45) is 5.71. The summed E-state index contributed by atoms with van der Waals surface area (Å²) < 4.78 is 11.1. The van der Waals surface area contributed by atoms with Crippen LogP contribution in [0.4, 0.5) is 0 Å². The Labute approximate surface area is 161 Å². The lowest BCUT2D eigenvalue weighted by Crippen LogP contribution is -2.39. The minimum Gasteiger partial charge on any atom is -0.381 e. The van der Waals surface area contributed by atoms with Crippen molar-refractivity contribution in [2.45, 2.75) is 52.9 Å². The Bertz CT molecular complexity index is 341. The fraction of sp³-hybridized carbons (Fsp3) is 0.950. The van der Waals surface area contributed by atoms with Crippen molar-refractivity contribution in [2.75, 3.05) is 65.7 Å². The van der Waals surface area contributed by atoms with Crippen LogP contribution in [-0.4, -0.2) is 76.6 Å². The molecule has 1 aliphatic rings. The molecule has 0 bridgehead atoms. The van der Waals surface area contributed by atoms with Gasteiger partial charge in [0.25, 0.3) is 0 Å². The minimum absolute atomic E-state index is 0.595. The van der Waals surface area contributed by atoms with Crippen LogP contribution in [0.1, 0.15) is 52.9 Å². The molecule has 154 valence electrons.